The molecule has 6 rings (SSSR count). The van der Waals surface area contributed by atoms with Gasteiger partial charge in [-0.25, -0.2) is 17.6 Å². The van der Waals surface area contributed by atoms with Crippen molar-refractivity contribution in [3.8, 4) is 22.6 Å². The van der Waals surface area contributed by atoms with Crippen LogP contribution in [0.15, 0.2) is 54.0 Å². The first kappa shape index (κ1) is 32.7. The Hall–Kier alpha value is -5.20. The maximum absolute atomic E-state index is 17.3. The van der Waals surface area contributed by atoms with Crippen molar-refractivity contribution in [2.24, 2.45) is 0 Å². The Kier molecular flexibility index (Phi) is 8.26. The first-order valence-electron chi connectivity index (χ1n) is 15.4. The number of alkyl halides is 1. The zero-order chi connectivity index (χ0) is 34.8. The molecule has 2 unspecified atom stereocenters. The topological polar surface area (TPSA) is 99.0 Å². The molecule has 2 aromatic heterocycles. The SMILES string of the molecule is C=CC(=O)N1CC2C(=O)N(CCF)c3c(c4cc(F)c(-c5c(O)cccc5F)c(F)c4n(-c4c(C)ccnc4C(C)C)c3=O)N2CC1C. The van der Waals surface area contributed by atoms with Gasteiger partial charge in [0, 0.05) is 24.2 Å². The van der Waals surface area contributed by atoms with Crippen molar-refractivity contribution < 1.29 is 32.3 Å². The molecule has 2 aliphatic rings. The Labute approximate surface area is 273 Å². The number of amides is 2. The van der Waals surface area contributed by atoms with E-state index in [2.05, 4.69) is 11.6 Å². The minimum absolute atomic E-state index is 0.0206. The van der Waals surface area contributed by atoms with E-state index in [9.17, 15) is 23.9 Å². The number of aryl methyl sites for hydroxylation is 1. The second kappa shape index (κ2) is 12.1. The third kappa shape index (κ3) is 4.82. The number of aromatic nitrogens is 2. The van der Waals surface area contributed by atoms with Crippen LogP contribution >= 0.6 is 0 Å². The molecule has 0 spiro atoms. The number of aromatic hydroxyl groups is 1. The zero-order valence-electron chi connectivity index (χ0n) is 26.7. The number of hydrogen-bond donors (Lipinski definition) is 1. The number of carbonyl (C=O) groups is 2. The molecule has 1 N–H and O–H groups in total. The van der Waals surface area contributed by atoms with E-state index in [1.54, 1.807) is 19.9 Å². The fourth-order valence-electron chi connectivity index (χ4n) is 6.92. The molecule has 0 radical (unpaired) electrons. The lowest BCUT2D eigenvalue weighted by Gasteiger charge is -2.50. The van der Waals surface area contributed by atoms with Gasteiger partial charge < -0.3 is 19.8 Å². The molecule has 2 amide bonds. The molecule has 250 valence electrons. The number of carbonyl (C=O) groups excluding carboxylic acids is 2. The summed E-state index contributed by atoms with van der Waals surface area (Å²) in [6.07, 6.45) is 2.63. The van der Waals surface area contributed by atoms with Crippen molar-refractivity contribution >= 4 is 34.1 Å². The van der Waals surface area contributed by atoms with Gasteiger partial charge in [-0.1, -0.05) is 26.5 Å². The molecule has 2 atom stereocenters. The zero-order valence-corrected chi connectivity index (χ0v) is 26.7. The average Bonchev–Trinajstić information content (AvgIpc) is 3.04. The van der Waals surface area contributed by atoms with Crippen molar-refractivity contribution in [1.82, 2.24) is 14.5 Å². The van der Waals surface area contributed by atoms with Crippen LogP contribution in [0.4, 0.5) is 28.9 Å². The number of fused-ring (bicyclic) bond motifs is 5. The minimum atomic E-state index is -1.35. The van der Waals surface area contributed by atoms with Crippen LogP contribution in [0.2, 0.25) is 0 Å². The molecule has 13 heteroatoms. The van der Waals surface area contributed by atoms with Crippen molar-refractivity contribution in [3.63, 3.8) is 0 Å². The average molecular weight is 664 g/mol. The van der Waals surface area contributed by atoms with Gasteiger partial charge in [-0.05, 0) is 55.7 Å². The number of phenolic OH excluding ortho intramolecular Hbond substituents is 1. The maximum atomic E-state index is 17.3. The first-order chi connectivity index (χ1) is 22.8. The van der Waals surface area contributed by atoms with E-state index >= 15 is 13.2 Å². The number of pyridine rings is 2. The smallest absolute Gasteiger partial charge is 0.281 e. The molecule has 2 aliphatic heterocycles. The molecule has 4 heterocycles. The minimum Gasteiger partial charge on any atom is -0.507 e. The highest BCUT2D eigenvalue weighted by atomic mass is 19.1. The fraction of sp³-hybridized carbons (Fsp3) is 0.314. The van der Waals surface area contributed by atoms with Gasteiger partial charge in [0.25, 0.3) is 11.5 Å². The van der Waals surface area contributed by atoms with Gasteiger partial charge in [0.15, 0.2) is 5.82 Å². The summed E-state index contributed by atoms with van der Waals surface area (Å²) in [5.74, 6) is -5.84. The molecule has 0 bridgehead atoms. The van der Waals surface area contributed by atoms with Crippen LogP contribution < -0.4 is 15.4 Å². The lowest BCUT2D eigenvalue weighted by atomic mass is 9.94. The molecule has 0 saturated carbocycles. The van der Waals surface area contributed by atoms with Crippen LogP contribution in [0.3, 0.4) is 0 Å². The lowest BCUT2D eigenvalue weighted by molar-refractivity contribution is -0.130. The van der Waals surface area contributed by atoms with E-state index in [0.717, 1.165) is 33.7 Å². The van der Waals surface area contributed by atoms with Crippen LogP contribution in [0.5, 0.6) is 5.75 Å². The van der Waals surface area contributed by atoms with Gasteiger partial charge in [0.05, 0.1) is 46.8 Å². The second-order valence-electron chi connectivity index (χ2n) is 12.3. The summed E-state index contributed by atoms with van der Waals surface area (Å²) < 4.78 is 63.9. The van der Waals surface area contributed by atoms with E-state index in [1.807, 2.05) is 13.8 Å². The first-order valence-corrected chi connectivity index (χ1v) is 15.4. The second-order valence-corrected chi connectivity index (χ2v) is 12.3. The number of hydrogen-bond acceptors (Lipinski definition) is 6. The molecule has 9 nitrogen and oxygen atoms in total. The summed E-state index contributed by atoms with van der Waals surface area (Å²) in [7, 11) is 0. The van der Waals surface area contributed by atoms with Gasteiger partial charge >= 0.3 is 0 Å². The number of piperazine rings is 1. The van der Waals surface area contributed by atoms with Crippen molar-refractivity contribution in [1.29, 1.82) is 0 Å². The normalized spacial score (nSPS) is 17.6. The number of nitrogens with zero attached hydrogens (tertiary/aromatic N) is 5. The molecular weight excluding hydrogens is 630 g/mol. The maximum Gasteiger partial charge on any atom is 0.281 e. The molecule has 0 aliphatic carbocycles. The van der Waals surface area contributed by atoms with Gasteiger partial charge in [-0.15, -0.1) is 0 Å². The quantitative estimate of drug-likeness (QED) is 0.216. The lowest BCUT2D eigenvalue weighted by Crippen LogP contribution is -2.66. The van der Waals surface area contributed by atoms with Crippen LogP contribution in [0, 0.1) is 24.4 Å². The van der Waals surface area contributed by atoms with Crippen molar-refractivity contribution in [2.45, 2.75) is 45.7 Å². The van der Waals surface area contributed by atoms with Gasteiger partial charge in [-0.2, -0.15) is 0 Å². The highest BCUT2D eigenvalue weighted by Crippen LogP contribution is 2.46. The van der Waals surface area contributed by atoms with Gasteiger partial charge in [0.2, 0.25) is 5.91 Å². The van der Waals surface area contributed by atoms with E-state index in [0.29, 0.717) is 11.3 Å². The summed E-state index contributed by atoms with van der Waals surface area (Å²) in [5, 5.41) is 10.4. The van der Waals surface area contributed by atoms with Gasteiger partial charge in [0.1, 0.15) is 35.8 Å². The molecule has 48 heavy (non-hydrogen) atoms. The molecule has 4 aromatic rings. The predicted molar refractivity (Wildman–Crippen MR) is 174 cm³/mol. The number of halogens is 4. The highest BCUT2D eigenvalue weighted by molar-refractivity contribution is 6.13. The van der Waals surface area contributed by atoms with E-state index in [-0.39, 0.29) is 41.5 Å². The Morgan fingerprint density at radius 3 is 2.46 bits per heavy atom. The summed E-state index contributed by atoms with van der Waals surface area (Å²) in [6, 6.07) is 4.07. The predicted octanol–water partition coefficient (Wildman–Crippen LogP) is 5.52. The fourth-order valence-corrected chi connectivity index (χ4v) is 6.92. The Morgan fingerprint density at radius 2 is 1.81 bits per heavy atom. The van der Waals surface area contributed by atoms with E-state index in [1.165, 1.54) is 22.1 Å². The summed E-state index contributed by atoms with van der Waals surface area (Å²) in [6.45, 7) is 8.76. The van der Waals surface area contributed by atoms with Crippen LogP contribution in [0.25, 0.3) is 27.7 Å². The molecule has 2 aromatic carbocycles. The number of anilines is 2. The third-order valence-electron chi connectivity index (χ3n) is 9.08. The van der Waals surface area contributed by atoms with Crippen LogP contribution in [-0.4, -0.2) is 69.8 Å². The summed E-state index contributed by atoms with van der Waals surface area (Å²) in [5.41, 5.74) is -2.33. The Bertz CT molecular complexity index is 2060. The standard InChI is InChI=1S/C35H33F4N5O4/c1-6-25(46)42-16-23-34(47)41(13-11-36)33-32(43(23)15-19(42)5)20-14-22(38)27(26-21(37)8-7-9-24(26)45)28(39)31(20)44(35(33)48)30-18(4)10-12-40-29(30)17(2)3/h6-10,12,14,17,19,23,45H,1,11,13,15-16H2,2-5H3. The van der Waals surface area contributed by atoms with Crippen molar-refractivity contribution in [2.75, 3.05) is 36.1 Å². The Balaban J connectivity index is 1.82. The van der Waals surface area contributed by atoms with Gasteiger partial charge in [-0.3, -0.25) is 23.9 Å². The third-order valence-corrected chi connectivity index (χ3v) is 9.08. The monoisotopic (exact) mass is 663 g/mol. The van der Waals surface area contributed by atoms with Crippen molar-refractivity contribution in [3.05, 3.63) is 88.2 Å². The summed E-state index contributed by atoms with van der Waals surface area (Å²) >= 11 is 0. The van der Waals surface area contributed by atoms with Crippen LogP contribution in [0.1, 0.15) is 37.9 Å². The molecule has 1 saturated heterocycles. The Morgan fingerprint density at radius 1 is 1.08 bits per heavy atom. The highest BCUT2D eigenvalue weighted by Gasteiger charge is 2.47. The number of rotatable bonds is 6. The van der Waals surface area contributed by atoms with E-state index < -0.39 is 82.5 Å². The summed E-state index contributed by atoms with van der Waals surface area (Å²) in [4.78, 5) is 50.1. The van der Waals surface area contributed by atoms with E-state index in [4.69, 9.17) is 0 Å². The molecule has 1 fully saturated rings. The number of benzene rings is 2. The number of phenols is 1. The van der Waals surface area contributed by atoms with Crippen LogP contribution in [-0.2, 0) is 9.59 Å². The molecular formula is C35H33F4N5O4. The largest absolute Gasteiger partial charge is 0.507 e.